The zero-order valence-electron chi connectivity index (χ0n) is 9.48. The van der Waals surface area contributed by atoms with Crippen LogP contribution in [0.25, 0.3) is 0 Å². The minimum atomic E-state index is -0.0202. The summed E-state index contributed by atoms with van der Waals surface area (Å²) in [5.41, 5.74) is 1.38. The molecule has 1 saturated carbocycles. The highest BCUT2D eigenvalue weighted by atomic mass is 16.6. The van der Waals surface area contributed by atoms with Crippen LogP contribution >= 0.6 is 0 Å². The van der Waals surface area contributed by atoms with Gasteiger partial charge in [-0.15, -0.1) is 0 Å². The standard InChI is InChI=1S/C14H16O2/c1-14-9-13(15)16-12(14)8-7-11(14)10-5-3-2-4-6-10/h2-6,11-12H,7-9H2,1H3. The molecule has 1 aliphatic carbocycles. The Balaban J connectivity index is 1.96. The van der Waals surface area contributed by atoms with E-state index in [1.807, 2.05) is 6.07 Å². The molecular formula is C14H16O2. The van der Waals surface area contributed by atoms with Gasteiger partial charge < -0.3 is 4.74 Å². The van der Waals surface area contributed by atoms with Gasteiger partial charge >= 0.3 is 5.97 Å². The Labute approximate surface area is 95.6 Å². The number of carbonyl (C=O) groups is 1. The molecule has 0 aromatic heterocycles. The maximum absolute atomic E-state index is 11.4. The second-order valence-corrected chi connectivity index (χ2v) is 5.20. The van der Waals surface area contributed by atoms with E-state index in [0.717, 1.165) is 12.8 Å². The number of esters is 1. The second kappa shape index (κ2) is 3.34. The van der Waals surface area contributed by atoms with Crippen LogP contribution in [0, 0.1) is 5.41 Å². The topological polar surface area (TPSA) is 26.3 Å². The van der Waals surface area contributed by atoms with E-state index in [4.69, 9.17) is 4.74 Å². The van der Waals surface area contributed by atoms with Crippen molar-refractivity contribution in [2.45, 2.75) is 38.2 Å². The van der Waals surface area contributed by atoms with Crippen LogP contribution in [-0.2, 0) is 9.53 Å². The zero-order valence-corrected chi connectivity index (χ0v) is 9.48. The summed E-state index contributed by atoms with van der Waals surface area (Å²) in [7, 11) is 0. The van der Waals surface area contributed by atoms with E-state index < -0.39 is 0 Å². The van der Waals surface area contributed by atoms with Crippen LogP contribution in [-0.4, -0.2) is 12.1 Å². The molecule has 3 unspecified atom stereocenters. The third kappa shape index (κ3) is 1.29. The number of rotatable bonds is 1. The first-order valence-electron chi connectivity index (χ1n) is 5.94. The lowest BCUT2D eigenvalue weighted by Crippen LogP contribution is -2.26. The molecule has 1 aliphatic heterocycles. The molecule has 2 nitrogen and oxygen atoms in total. The van der Waals surface area contributed by atoms with Gasteiger partial charge in [0.15, 0.2) is 0 Å². The Kier molecular flexibility index (Phi) is 2.06. The van der Waals surface area contributed by atoms with Crippen molar-refractivity contribution in [3.8, 4) is 0 Å². The van der Waals surface area contributed by atoms with Crippen molar-refractivity contribution < 1.29 is 9.53 Å². The summed E-state index contributed by atoms with van der Waals surface area (Å²) in [6.07, 6.45) is 2.88. The highest BCUT2D eigenvalue weighted by molar-refractivity contribution is 5.73. The lowest BCUT2D eigenvalue weighted by Gasteiger charge is -2.28. The molecule has 84 valence electrons. The van der Waals surface area contributed by atoms with E-state index in [-0.39, 0.29) is 17.5 Å². The predicted octanol–water partition coefficient (Wildman–Crippen LogP) is 2.89. The summed E-state index contributed by atoms with van der Waals surface area (Å²) in [6, 6.07) is 10.5. The monoisotopic (exact) mass is 216 g/mol. The Hall–Kier alpha value is -1.31. The molecule has 0 amide bonds. The maximum Gasteiger partial charge on any atom is 0.306 e. The van der Waals surface area contributed by atoms with E-state index in [2.05, 4.69) is 31.2 Å². The number of hydrogen-bond donors (Lipinski definition) is 0. The van der Waals surface area contributed by atoms with E-state index in [1.54, 1.807) is 0 Å². The van der Waals surface area contributed by atoms with Crippen molar-refractivity contribution >= 4 is 5.97 Å². The third-order valence-corrected chi connectivity index (χ3v) is 4.25. The largest absolute Gasteiger partial charge is 0.462 e. The van der Waals surface area contributed by atoms with Crippen molar-refractivity contribution in [1.82, 2.24) is 0 Å². The molecule has 3 rings (SSSR count). The SMILES string of the molecule is CC12CC(=O)OC1CCC2c1ccccc1. The smallest absolute Gasteiger partial charge is 0.306 e. The van der Waals surface area contributed by atoms with E-state index in [0.29, 0.717) is 12.3 Å². The summed E-state index contributed by atoms with van der Waals surface area (Å²) >= 11 is 0. The summed E-state index contributed by atoms with van der Waals surface area (Å²) < 4.78 is 5.40. The lowest BCUT2D eigenvalue weighted by molar-refractivity contribution is -0.141. The van der Waals surface area contributed by atoms with Gasteiger partial charge in [-0.25, -0.2) is 0 Å². The highest BCUT2D eigenvalue weighted by Crippen LogP contribution is 2.55. The lowest BCUT2D eigenvalue weighted by atomic mass is 9.74. The Morgan fingerprint density at radius 1 is 1.25 bits per heavy atom. The molecule has 16 heavy (non-hydrogen) atoms. The summed E-state index contributed by atoms with van der Waals surface area (Å²) in [6.45, 7) is 2.20. The van der Waals surface area contributed by atoms with Crippen LogP contribution in [0.3, 0.4) is 0 Å². The Bertz CT molecular complexity index is 412. The molecule has 0 spiro atoms. The molecule has 2 aliphatic rings. The number of carbonyl (C=O) groups excluding carboxylic acids is 1. The number of hydrogen-bond acceptors (Lipinski definition) is 2. The van der Waals surface area contributed by atoms with Crippen LogP contribution in [0.5, 0.6) is 0 Å². The van der Waals surface area contributed by atoms with Gasteiger partial charge in [-0.3, -0.25) is 4.79 Å². The van der Waals surface area contributed by atoms with Crippen molar-refractivity contribution in [2.24, 2.45) is 5.41 Å². The molecule has 2 heteroatoms. The fourth-order valence-corrected chi connectivity index (χ4v) is 3.38. The Morgan fingerprint density at radius 3 is 2.75 bits per heavy atom. The fourth-order valence-electron chi connectivity index (χ4n) is 3.38. The fraction of sp³-hybridized carbons (Fsp3) is 0.500. The minimum Gasteiger partial charge on any atom is -0.462 e. The van der Waals surface area contributed by atoms with Crippen LogP contribution in [0.2, 0.25) is 0 Å². The molecule has 0 N–H and O–H groups in total. The molecule has 1 aromatic rings. The first-order chi connectivity index (χ1) is 7.70. The maximum atomic E-state index is 11.4. The molecule has 0 bridgehead atoms. The van der Waals surface area contributed by atoms with E-state index in [9.17, 15) is 4.79 Å². The van der Waals surface area contributed by atoms with E-state index in [1.165, 1.54) is 5.56 Å². The van der Waals surface area contributed by atoms with Crippen molar-refractivity contribution in [3.63, 3.8) is 0 Å². The van der Waals surface area contributed by atoms with Crippen molar-refractivity contribution in [3.05, 3.63) is 35.9 Å². The van der Waals surface area contributed by atoms with Gasteiger partial charge in [0, 0.05) is 5.41 Å². The van der Waals surface area contributed by atoms with Crippen LogP contribution in [0.1, 0.15) is 37.7 Å². The second-order valence-electron chi connectivity index (χ2n) is 5.20. The highest BCUT2D eigenvalue weighted by Gasteiger charge is 2.54. The summed E-state index contributed by atoms with van der Waals surface area (Å²) in [5, 5.41) is 0. The molecule has 1 heterocycles. The van der Waals surface area contributed by atoms with Gasteiger partial charge in [0.2, 0.25) is 0 Å². The first-order valence-corrected chi connectivity index (χ1v) is 5.94. The van der Waals surface area contributed by atoms with Gasteiger partial charge in [-0.1, -0.05) is 37.3 Å². The average molecular weight is 216 g/mol. The third-order valence-electron chi connectivity index (χ3n) is 4.25. The summed E-state index contributed by atoms with van der Waals surface area (Å²) in [4.78, 5) is 11.4. The molecule has 0 radical (unpaired) electrons. The number of ether oxygens (including phenoxy) is 1. The molecular weight excluding hydrogens is 200 g/mol. The van der Waals surface area contributed by atoms with Gasteiger partial charge in [0.05, 0.1) is 6.42 Å². The normalized spacial score (nSPS) is 37.2. The first kappa shape index (κ1) is 9.88. The van der Waals surface area contributed by atoms with Gasteiger partial charge in [0.25, 0.3) is 0 Å². The van der Waals surface area contributed by atoms with Crippen LogP contribution in [0.15, 0.2) is 30.3 Å². The van der Waals surface area contributed by atoms with Crippen molar-refractivity contribution in [2.75, 3.05) is 0 Å². The minimum absolute atomic E-state index is 0.0202. The molecule has 3 atom stereocenters. The van der Waals surface area contributed by atoms with Crippen LogP contribution < -0.4 is 0 Å². The van der Waals surface area contributed by atoms with Gasteiger partial charge in [0.1, 0.15) is 6.10 Å². The van der Waals surface area contributed by atoms with Gasteiger partial charge in [-0.2, -0.15) is 0 Å². The van der Waals surface area contributed by atoms with Crippen LogP contribution in [0.4, 0.5) is 0 Å². The average Bonchev–Trinajstić information content (AvgIpc) is 2.71. The number of fused-ring (bicyclic) bond motifs is 1. The number of benzene rings is 1. The Morgan fingerprint density at radius 2 is 2.00 bits per heavy atom. The predicted molar refractivity (Wildman–Crippen MR) is 61.0 cm³/mol. The van der Waals surface area contributed by atoms with E-state index >= 15 is 0 Å². The molecule has 1 aromatic carbocycles. The molecule has 1 saturated heterocycles. The van der Waals surface area contributed by atoms with Crippen molar-refractivity contribution in [1.29, 1.82) is 0 Å². The van der Waals surface area contributed by atoms with Gasteiger partial charge in [-0.05, 0) is 24.3 Å². The summed E-state index contributed by atoms with van der Waals surface area (Å²) in [5.74, 6) is 0.457. The quantitative estimate of drug-likeness (QED) is 0.675. The zero-order chi connectivity index (χ0) is 11.2. The molecule has 2 fully saturated rings.